The second-order valence-electron chi connectivity index (χ2n) is 9.11. The minimum Gasteiger partial charge on any atom is -0.456 e. The van der Waals surface area contributed by atoms with E-state index in [4.69, 9.17) is 10.2 Å². The van der Waals surface area contributed by atoms with Crippen molar-refractivity contribution in [1.29, 1.82) is 0 Å². The molecule has 2 atom stereocenters. The number of fused-ring (bicyclic) bond motifs is 3. The smallest absolute Gasteiger partial charge is 0.407 e. The van der Waals surface area contributed by atoms with Gasteiger partial charge in [-0.15, -0.1) is 0 Å². The molecule has 2 aromatic carbocycles. The summed E-state index contributed by atoms with van der Waals surface area (Å²) in [5, 5.41) is 3.33. The molecule has 0 bridgehead atoms. The first kappa shape index (κ1) is 26.4. The maximum Gasteiger partial charge on any atom is 0.407 e. The number of nitrogens with zero attached hydrogens (tertiary/aromatic N) is 2. The highest BCUT2D eigenvalue weighted by atomic mass is 32.2. The molecule has 196 valence electrons. The molecule has 1 fully saturated rings. The van der Waals surface area contributed by atoms with Crippen molar-refractivity contribution in [2.45, 2.75) is 42.9 Å². The Balaban J connectivity index is 1.71. The van der Waals surface area contributed by atoms with Crippen molar-refractivity contribution < 1.29 is 30.8 Å². The van der Waals surface area contributed by atoms with E-state index in [0.717, 1.165) is 0 Å². The molecule has 3 aromatic rings. The molecule has 0 aliphatic carbocycles. The topological polar surface area (TPSA) is 109 Å². The Hall–Kier alpha value is -2.67. The van der Waals surface area contributed by atoms with Gasteiger partial charge in [0, 0.05) is 37.0 Å². The van der Waals surface area contributed by atoms with E-state index in [0.29, 0.717) is 49.0 Å². The van der Waals surface area contributed by atoms with Crippen LogP contribution in [-0.2, 0) is 14.8 Å². The number of carbonyl (C=O) groups is 1. The Morgan fingerprint density at radius 1 is 1.08 bits per heavy atom. The molecule has 1 aliphatic heterocycles. The quantitative estimate of drug-likeness (QED) is 0.466. The zero-order chi connectivity index (χ0) is 26.3. The lowest BCUT2D eigenvalue weighted by atomic mass is 10.0. The van der Waals surface area contributed by atoms with E-state index in [2.05, 4.69) is 5.32 Å². The average molecular weight is 527 g/mol. The number of hydrogen-bond donors (Lipinski definition) is 2. The molecule has 1 saturated heterocycles. The van der Waals surface area contributed by atoms with Crippen molar-refractivity contribution in [1.82, 2.24) is 14.5 Å². The summed E-state index contributed by atoms with van der Waals surface area (Å²) in [6, 6.07) is 5.22. The van der Waals surface area contributed by atoms with Gasteiger partial charge < -0.3 is 15.1 Å². The van der Waals surface area contributed by atoms with Gasteiger partial charge in [-0.2, -0.15) is 17.5 Å². The minimum absolute atomic E-state index is 0.102. The van der Waals surface area contributed by atoms with Gasteiger partial charge in [0.05, 0.1) is 10.9 Å². The number of rotatable bonds is 8. The fraction of sp³-hybridized carbons (Fsp3) is 0.458. The third kappa shape index (κ3) is 5.22. The summed E-state index contributed by atoms with van der Waals surface area (Å²) in [5.41, 5.74) is 5.70. The highest BCUT2D eigenvalue weighted by Crippen LogP contribution is 2.37. The van der Waals surface area contributed by atoms with Gasteiger partial charge in [-0.1, -0.05) is 25.5 Å². The van der Waals surface area contributed by atoms with E-state index in [1.54, 1.807) is 6.92 Å². The lowest BCUT2D eigenvalue weighted by Gasteiger charge is -2.31. The molecule has 0 spiro atoms. The van der Waals surface area contributed by atoms with Crippen molar-refractivity contribution in [2.24, 2.45) is 5.73 Å². The Morgan fingerprint density at radius 2 is 1.78 bits per heavy atom. The zero-order valence-corrected chi connectivity index (χ0v) is 20.8. The normalized spacial score (nSPS) is 18.0. The monoisotopic (exact) mass is 526 g/mol. The van der Waals surface area contributed by atoms with Crippen molar-refractivity contribution in [3.8, 4) is 0 Å². The SMILES string of the molecule is CCCC(N[C@@H](c1ccc2c(c1)oc1ccc(S(=O)(=O)N3CCN(C)CC3)cc12)C(F)(F)F)C(N)=O. The molecule has 1 aliphatic rings. The molecule has 4 rings (SSSR count). The van der Waals surface area contributed by atoms with E-state index in [-0.39, 0.29) is 22.5 Å². The average Bonchev–Trinajstić information content (AvgIpc) is 3.18. The number of sulfonamides is 1. The van der Waals surface area contributed by atoms with E-state index >= 15 is 0 Å². The van der Waals surface area contributed by atoms with E-state index in [9.17, 15) is 26.4 Å². The first-order valence-corrected chi connectivity index (χ1v) is 13.1. The Kier molecular flexibility index (Phi) is 7.33. The summed E-state index contributed by atoms with van der Waals surface area (Å²) in [6.07, 6.45) is -4.04. The largest absolute Gasteiger partial charge is 0.456 e. The van der Waals surface area contributed by atoms with Crippen molar-refractivity contribution >= 4 is 37.9 Å². The summed E-state index contributed by atoms with van der Waals surface area (Å²) in [6.45, 7) is 3.76. The van der Waals surface area contributed by atoms with E-state index in [1.165, 1.54) is 40.7 Å². The molecular weight excluding hydrogens is 497 g/mol. The van der Waals surface area contributed by atoms with Crippen LogP contribution in [0.25, 0.3) is 21.9 Å². The number of primary amides is 1. The van der Waals surface area contributed by atoms with Crippen molar-refractivity contribution in [2.75, 3.05) is 33.2 Å². The Bertz CT molecular complexity index is 1360. The van der Waals surface area contributed by atoms with Crippen LogP contribution in [0.15, 0.2) is 45.7 Å². The highest BCUT2D eigenvalue weighted by molar-refractivity contribution is 7.89. The lowest BCUT2D eigenvalue weighted by molar-refractivity contribution is -0.160. The van der Waals surface area contributed by atoms with Crippen LogP contribution in [0.3, 0.4) is 0 Å². The number of carbonyl (C=O) groups excluding carboxylic acids is 1. The summed E-state index contributed by atoms with van der Waals surface area (Å²) >= 11 is 0. The van der Waals surface area contributed by atoms with Gasteiger partial charge in [-0.25, -0.2) is 8.42 Å². The predicted molar refractivity (Wildman–Crippen MR) is 130 cm³/mol. The van der Waals surface area contributed by atoms with Crippen LogP contribution in [0, 0.1) is 0 Å². The fourth-order valence-corrected chi connectivity index (χ4v) is 5.92. The number of nitrogens with one attached hydrogen (secondary N) is 1. The van der Waals surface area contributed by atoms with Gasteiger partial charge in [-0.3, -0.25) is 10.1 Å². The summed E-state index contributed by atoms with van der Waals surface area (Å²) in [5.74, 6) is -0.856. The standard InChI is InChI=1S/C24H29F3N4O4S/c1-3-4-19(23(28)32)29-22(24(25,26)27)15-5-7-17-18-14-16(6-8-20(18)35-21(17)13-15)36(33,34)31-11-9-30(2)10-12-31/h5-8,13-14,19,22,29H,3-4,9-12H2,1-2H3,(H2,28,32)/t19?,22-/m0/s1. The lowest BCUT2D eigenvalue weighted by Crippen LogP contribution is -2.47. The number of benzene rings is 2. The fourth-order valence-electron chi connectivity index (χ4n) is 4.47. The van der Waals surface area contributed by atoms with Crippen LogP contribution in [0.2, 0.25) is 0 Å². The van der Waals surface area contributed by atoms with Gasteiger partial charge >= 0.3 is 6.18 Å². The van der Waals surface area contributed by atoms with Gasteiger partial charge in [-0.05, 0) is 43.3 Å². The Labute approximate surface area is 207 Å². The van der Waals surface area contributed by atoms with Gasteiger partial charge in [0.1, 0.15) is 17.2 Å². The number of amides is 1. The minimum atomic E-state index is -4.69. The summed E-state index contributed by atoms with van der Waals surface area (Å²) in [7, 11) is -1.80. The molecular formula is C24H29F3N4O4S. The van der Waals surface area contributed by atoms with Crippen molar-refractivity contribution in [3.63, 3.8) is 0 Å². The number of hydrogen-bond acceptors (Lipinski definition) is 6. The van der Waals surface area contributed by atoms with Crippen LogP contribution < -0.4 is 11.1 Å². The summed E-state index contributed by atoms with van der Waals surface area (Å²) < 4.78 is 75.4. The highest BCUT2D eigenvalue weighted by Gasteiger charge is 2.42. The molecule has 12 heteroatoms. The van der Waals surface area contributed by atoms with Gasteiger partial charge in [0.25, 0.3) is 0 Å². The molecule has 8 nitrogen and oxygen atoms in total. The predicted octanol–water partition coefficient (Wildman–Crippen LogP) is 3.37. The number of furan rings is 1. The summed E-state index contributed by atoms with van der Waals surface area (Å²) in [4.78, 5) is 13.8. The molecule has 2 heterocycles. The second kappa shape index (κ2) is 10.0. The van der Waals surface area contributed by atoms with Crippen LogP contribution in [0.1, 0.15) is 31.4 Å². The Morgan fingerprint density at radius 3 is 2.39 bits per heavy atom. The molecule has 1 unspecified atom stereocenters. The van der Waals surface area contributed by atoms with E-state index < -0.39 is 34.2 Å². The van der Waals surface area contributed by atoms with Crippen LogP contribution in [-0.4, -0.2) is 69.0 Å². The zero-order valence-electron chi connectivity index (χ0n) is 20.0. The third-order valence-electron chi connectivity index (χ3n) is 6.52. The molecule has 1 aromatic heterocycles. The van der Waals surface area contributed by atoms with Crippen molar-refractivity contribution in [3.05, 3.63) is 42.0 Å². The van der Waals surface area contributed by atoms with Gasteiger partial charge in [0.15, 0.2) is 0 Å². The maximum absolute atomic E-state index is 13.9. The number of likely N-dealkylation sites (N-methyl/N-ethyl adjacent to an activating group) is 1. The number of nitrogens with two attached hydrogens (primary N) is 1. The van der Waals surface area contributed by atoms with Crippen LogP contribution >= 0.6 is 0 Å². The molecule has 0 saturated carbocycles. The first-order chi connectivity index (χ1) is 16.9. The van der Waals surface area contributed by atoms with E-state index in [1.807, 2.05) is 11.9 Å². The number of alkyl halides is 3. The first-order valence-electron chi connectivity index (χ1n) is 11.7. The molecule has 1 amide bonds. The number of halogens is 3. The molecule has 3 N–H and O–H groups in total. The van der Waals surface area contributed by atoms with Gasteiger partial charge in [0.2, 0.25) is 15.9 Å². The molecule has 36 heavy (non-hydrogen) atoms. The van der Waals surface area contributed by atoms with Crippen LogP contribution in [0.5, 0.6) is 0 Å². The maximum atomic E-state index is 13.9. The third-order valence-corrected chi connectivity index (χ3v) is 8.41. The number of piperazine rings is 1. The van der Waals surface area contributed by atoms with Crippen LogP contribution in [0.4, 0.5) is 13.2 Å². The second-order valence-corrected chi connectivity index (χ2v) is 11.0. The molecule has 0 radical (unpaired) electrons.